The fourth-order valence-corrected chi connectivity index (χ4v) is 2.44. The van der Waals surface area contributed by atoms with E-state index in [0.717, 1.165) is 4.90 Å². The topological polar surface area (TPSA) is 61.8 Å². The molecule has 8 heteroatoms. The van der Waals surface area contributed by atoms with Crippen molar-refractivity contribution in [1.82, 2.24) is 0 Å². The molecule has 0 fully saturated rings. The zero-order valence-corrected chi connectivity index (χ0v) is 11.5. The zero-order valence-electron chi connectivity index (χ0n) is 11.5. The standard InChI is InChI=1S/C13H15F3N2O3/c1-3-6-18-10-7(11(19)20)4-5-8(21-2)9(10)17-12(18)13(14,15)16/h4-5,12,17H,3,6H2,1-2H3,(H,19,20). The van der Waals surface area contributed by atoms with Gasteiger partial charge in [-0.25, -0.2) is 4.79 Å². The van der Waals surface area contributed by atoms with Crippen LogP contribution in [0, 0.1) is 0 Å². The van der Waals surface area contributed by atoms with E-state index >= 15 is 0 Å². The van der Waals surface area contributed by atoms with Crippen LogP contribution in [0.4, 0.5) is 24.5 Å². The number of aromatic carboxylic acids is 1. The number of carboxylic acids is 1. The van der Waals surface area contributed by atoms with Crippen molar-refractivity contribution in [1.29, 1.82) is 0 Å². The van der Waals surface area contributed by atoms with Crippen molar-refractivity contribution in [3.8, 4) is 5.75 Å². The maximum Gasteiger partial charge on any atom is 0.427 e. The highest BCUT2D eigenvalue weighted by Crippen LogP contribution is 2.47. The highest BCUT2D eigenvalue weighted by atomic mass is 19.4. The Morgan fingerprint density at radius 3 is 2.62 bits per heavy atom. The van der Waals surface area contributed by atoms with E-state index in [1.807, 2.05) is 0 Å². The molecule has 1 aliphatic rings. The summed E-state index contributed by atoms with van der Waals surface area (Å²) in [5, 5.41) is 11.5. The summed E-state index contributed by atoms with van der Waals surface area (Å²) in [6, 6.07) is 2.60. The summed E-state index contributed by atoms with van der Waals surface area (Å²) in [7, 11) is 1.32. The van der Waals surface area contributed by atoms with E-state index < -0.39 is 18.3 Å². The summed E-state index contributed by atoms with van der Waals surface area (Å²) < 4.78 is 44.6. The number of halogens is 3. The molecule has 0 bridgehead atoms. The number of fused-ring (bicyclic) bond motifs is 1. The number of carbonyl (C=O) groups is 1. The number of methoxy groups -OCH3 is 1. The van der Waals surface area contributed by atoms with E-state index in [2.05, 4.69) is 5.32 Å². The minimum atomic E-state index is -4.53. The summed E-state index contributed by atoms with van der Waals surface area (Å²) in [4.78, 5) is 12.3. The first-order chi connectivity index (χ1) is 9.81. The number of hydrogen-bond donors (Lipinski definition) is 2. The van der Waals surface area contributed by atoms with Gasteiger partial charge in [-0.15, -0.1) is 0 Å². The lowest BCUT2D eigenvalue weighted by Gasteiger charge is -2.28. The molecule has 1 aliphatic heterocycles. The Balaban J connectivity index is 2.62. The number of alkyl halides is 3. The Kier molecular flexibility index (Phi) is 3.89. The third-order valence-corrected chi connectivity index (χ3v) is 3.24. The van der Waals surface area contributed by atoms with Gasteiger partial charge < -0.3 is 20.1 Å². The van der Waals surface area contributed by atoms with Crippen LogP contribution in [0.25, 0.3) is 0 Å². The Hall–Kier alpha value is -2.12. The van der Waals surface area contributed by atoms with E-state index in [0.29, 0.717) is 6.42 Å². The van der Waals surface area contributed by atoms with Crippen molar-refractivity contribution in [2.45, 2.75) is 25.7 Å². The van der Waals surface area contributed by atoms with Crippen molar-refractivity contribution >= 4 is 17.3 Å². The van der Waals surface area contributed by atoms with Crippen LogP contribution >= 0.6 is 0 Å². The van der Waals surface area contributed by atoms with Crippen molar-refractivity contribution in [2.24, 2.45) is 0 Å². The second-order valence-corrected chi connectivity index (χ2v) is 4.63. The first-order valence-corrected chi connectivity index (χ1v) is 6.35. The number of nitrogens with zero attached hydrogens (tertiary/aromatic N) is 1. The summed E-state index contributed by atoms with van der Waals surface area (Å²) in [6.07, 6.45) is -6.04. The highest BCUT2D eigenvalue weighted by molar-refractivity contribution is 6.01. The fourth-order valence-electron chi connectivity index (χ4n) is 2.44. The van der Waals surface area contributed by atoms with Gasteiger partial charge in [-0.3, -0.25) is 0 Å². The molecule has 0 spiro atoms. The molecular formula is C13H15F3N2O3. The van der Waals surface area contributed by atoms with E-state index in [1.165, 1.54) is 19.2 Å². The van der Waals surface area contributed by atoms with E-state index in [-0.39, 0.29) is 29.2 Å². The molecule has 0 aromatic heterocycles. The average Bonchev–Trinajstić information content (AvgIpc) is 2.77. The molecule has 1 aromatic rings. The third-order valence-electron chi connectivity index (χ3n) is 3.24. The van der Waals surface area contributed by atoms with E-state index in [1.54, 1.807) is 6.92 Å². The molecule has 0 saturated heterocycles. The number of anilines is 2. The molecule has 0 aliphatic carbocycles. The summed E-state index contributed by atoms with van der Waals surface area (Å²) >= 11 is 0. The predicted molar refractivity (Wildman–Crippen MR) is 71.1 cm³/mol. The molecule has 1 heterocycles. The van der Waals surface area contributed by atoms with Gasteiger partial charge in [0.2, 0.25) is 0 Å². The molecule has 5 nitrogen and oxygen atoms in total. The Morgan fingerprint density at radius 1 is 1.48 bits per heavy atom. The quantitative estimate of drug-likeness (QED) is 0.895. The molecule has 1 unspecified atom stereocenters. The molecule has 2 N–H and O–H groups in total. The van der Waals surface area contributed by atoms with Crippen LogP contribution in [-0.2, 0) is 0 Å². The van der Waals surface area contributed by atoms with Gasteiger partial charge >= 0.3 is 12.1 Å². The maximum atomic E-state index is 13.2. The second-order valence-electron chi connectivity index (χ2n) is 4.63. The highest BCUT2D eigenvalue weighted by Gasteiger charge is 2.49. The molecule has 21 heavy (non-hydrogen) atoms. The van der Waals surface area contributed by atoms with Gasteiger partial charge in [0.25, 0.3) is 0 Å². The molecule has 1 atom stereocenters. The smallest absolute Gasteiger partial charge is 0.427 e. The molecule has 0 radical (unpaired) electrons. The van der Waals surface area contributed by atoms with Gasteiger partial charge in [-0.2, -0.15) is 13.2 Å². The van der Waals surface area contributed by atoms with Gasteiger partial charge in [-0.1, -0.05) is 6.92 Å². The van der Waals surface area contributed by atoms with Crippen LogP contribution in [0.1, 0.15) is 23.7 Å². The number of hydrogen-bond acceptors (Lipinski definition) is 4. The van der Waals surface area contributed by atoms with Gasteiger partial charge in [0, 0.05) is 6.54 Å². The minimum Gasteiger partial charge on any atom is -0.495 e. The molecular weight excluding hydrogens is 289 g/mol. The summed E-state index contributed by atoms with van der Waals surface area (Å²) in [5.74, 6) is -1.09. The predicted octanol–water partition coefficient (Wildman–Crippen LogP) is 2.92. The largest absolute Gasteiger partial charge is 0.495 e. The molecule has 116 valence electrons. The van der Waals surface area contributed by atoms with Crippen LogP contribution in [0.15, 0.2) is 12.1 Å². The van der Waals surface area contributed by atoms with Gasteiger partial charge in [0.15, 0.2) is 6.17 Å². The lowest BCUT2D eigenvalue weighted by atomic mass is 10.1. The number of ether oxygens (including phenoxy) is 1. The van der Waals surface area contributed by atoms with Crippen LogP contribution < -0.4 is 15.0 Å². The van der Waals surface area contributed by atoms with Crippen molar-refractivity contribution in [2.75, 3.05) is 23.9 Å². The van der Waals surface area contributed by atoms with Crippen LogP contribution in [0.5, 0.6) is 5.75 Å². The monoisotopic (exact) mass is 304 g/mol. The second kappa shape index (κ2) is 5.34. The van der Waals surface area contributed by atoms with Crippen LogP contribution in [0.3, 0.4) is 0 Å². The number of rotatable bonds is 4. The van der Waals surface area contributed by atoms with Crippen molar-refractivity contribution in [3.63, 3.8) is 0 Å². The normalized spacial score (nSPS) is 17.4. The molecule has 0 saturated carbocycles. The van der Waals surface area contributed by atoms with Crippen molar-refractivity contribution in [3.05, 3.63) is 17.7 Å². The Bertz CT molecular complexity index is 560. The first kappa shape index (κ1) is 15.3. The number of nitrogens with one attached hydrogen (secondary N) is 1. The van der Waals surface area contributed by atoms with Gasteiger partial charge in [-0.05, 0) is 18.6 Å². The lowest BCUT2D eigenvalue weighted by molar-refractivity contribution is -0.141. The summed E-state index contributed by atoms with van der Waals surface area (Å²) in [5.41, 5.74) is -0.0994. The average molecular weight is 304 g/mol. The van der Waals surface area contributed by atoms with E-state index in [9.17, 15) is 23.1 Å². The van der Waals surface area contributed by atoms with Crippen LogP contribution in [-0.4, -0.2) is 37.1 Å². The third kappa shape index (κ3) is 2.57. The fraction of sp³-hybridized carbons (Fsp3) is 0.462. The van der Waals surface area contributed by atoms with Gasteiger partial charge in [0.1, 0.15) is 11.4 Å². The first-order valence-electron chi connectivity index (χ1n) is 6.35. The Morgan fingerprint density at radius 2 is 2.14 bits per heavy atom. The molecule has 1 aromatic carbocycles. The minimum absolute atomic E-state index is 0.0195. The van der Waals surface area contributed by atoms with Gasteiger partial charge in [0.05, 0.1) is 18.4 Å². The van der Waals surface area contributed by atoms with Crippen molar-refractivity contribution < 1.29 is 27.8 Å². The maximum absolute atomic E-state index is 13.2. The number of carboxylic acid groups (broad SMARTS) is 1. The zero-order chi connectivity index (χ0) is 15.8. The number of benzene rings is 1. The van der Waals surface area contributed by atoms with Crippen LogP contribution in [0.2, 0.25) is 0 Å². The molecule has 2 rings (SSSR count). The molecule has 0 amide bonds. The lowest BCUT2D eigenvalue weighted by Crippen LogP contribution is -2.47. The Labute approximate surface area is 119 Å². The van der Waals surface area contributed by atoms with E-state index in [4.69, 9.17) is 4.74 Å². The SMILES string of the molecule is CCCN1c2c(C(=O)O)ccc(OC)c2NC1C(F)(F)F. The summed E-state index contributed by atoms with van der Waals surface area (Å²) in [6.45, 7) is 1.81.